The van der Waals surface area contributed by atoms with E-state index in [0.717, 1.165) is 6.07 Å². The van der Waals surface area contributed by atoms with Crippen LogP contribution < -0.4 is 25.7 Å². The largest absolute Gasteiger partial charge is 0.494 e. The molecule has 0 aliphatic carbocycles. The Morgan fingerprint density at radius 2 is 1.80 bits per heavy atom. The number of pyridine rings is 1. The molecule has 5 aromatic rings. The van der Waals surface area contributed by atoms with Gasteiger partial charge in [-0.15, -0.1) is 0 Å². The molecule has 0 aliphatic rings. The van der Waals surface area contributed by atoms with Gasteiger partial charge in [-0.25, -0.2) is 23.7 Å². The van der Waals surface area contributed by atoms with Crippen LogP contribution in [-0.4, -0.2) is 70.2 Å². The summed E-state index contributed by atoms with van der Waals surface area (Å²) in [4.78, 5) is 45.4. The number of amides is 1. The Bertz CT molecular complexity index is 1960. The average Bonchev–Trinajstić information content (AvgIpc) is 3.04. The number of rotatable bonds is 11. The van der Waals surface area contributed by atoms with E-state index in [2.05, 4.69) is 30.6 Å². The summed E-state index contributed by atoms with van der Waals surface area (Å²) in [6, 6.07) is 10.9. The Kier molecular flexibility index (Phi) is 9.57. The first-order chi connectivity index (χ1) is 22.2. The summed E-state index contributed by atoms with van der Waals surface area (Å²) in [6.07, 6.45) is 7.47. The fourth-order valence-corrected chi connectivity index (χ4v) is 4.63. The second-order valence-corrected chi connectivity index (χ2v) is 10.3. The number of hydrogen-bond acceptors (Lipinski definition) is 10. The lowest BCUT2D eigenvalue weighted by Crippen LogP contribution is -2.24. The molecule has 0 bridgehead atoms. The van der Waals surface area contributed by atoms with Gasteiger partial charge in [0.15, 0.2) is 23.1 Å². The number of ether oxygens (including phenoxy) is 2. The first kappa shape index (κ1) is 31.7. The van der Waals surface area contributed by atoms with E-state index in [1.54, 1.807) is 36.4 Å². The highest BCUT2D eigenvalue weighted by Gasteiger charge is 2.25. The zero-order valence-electron chi connectivity index (χ0n) is 25.4. The number of halogens is 2. The number of nitrogens with zero attached hydrogens (tertiary/aromatic N) is 6. The van der Waals surface area contributed by atoms with Crippen LogP contribution in [0.5, 0.6) is 11.5 Å². The maximum atomic E-state index is 15.6. The Morgan fingerprint density at radius 3 is 2.48 bits per heavy atom. The number of nitrogens with one attached hydrogen (secondary N) is 2. The van der Waals surface area contributed by atoms with Gasteiger partial charge in [0, 0.05) is 42.2 Å². The van der Waals surface area contributed by atoms with Crippen molar-refractivity contribution in [2.75, 3.05) is 45.5 Å². The summed E-state index contributed by atoms with van der Waals surface area (Å²) < 4.78 is 42.7. The SMILES string of the molecule is COc1cc(OC)c(F)c(-c2cc3cnc(Nc4ccncn4)nc3n(Cc3cccc(NC(=O)/C=C/CN(C)C)c3)c2=O)c1F. The van der Waals surface area contributed by atoms with E-state index in [4.69, 9.17) is 9.47 Å². The lowest BCUT2D eigenvalue weighted by molar-refractivity contribution is -0.111. The molecule has 0 saturated heterocycles. The van der Waals surface area contributed by atoms with Crippen LogP contribution in [-0.2, 0) is 11.3 Å². The molecule has 0 saturated carbocycles. The minimum absolute atomic E-state index is 0.0718. The molecule has 0 unspecified atom stereocenters. The third-order valence-electron chi connectivity index (χ3n) is 6.77. The van der Waals surface area contributed by atoms with Gasteiger partial charge in [-0.2, -0.15) is 4.98 Å². The second kappa shape index (κ2) is 13.9. The van der Waals surface area contributed by atoms with Crippen molar-refractivity contribution in [2.45, 2.75) is 6.54 Å². The van der Waals surface area contributed by atoms with E-state index in [-0.39, 0.29) is 41.1 Å². The minimum atomic E-state index is -1.07. The van der Waals surface area contributed by atoms with Crippen molar-refractivity contribution in [3.8, 4) is 22.6 Å². The number of benzene rings is 2. The average molecular weight is 629 g/mol. The lowest BCUT2D eigenvalue weighted by atomic mass is 10.0. The predicted molar refractivity (Wildman–Crippen MR) is 169 cm³/mol. The van der Waals surface area contributed by atoms with Crippen molar-refractivity contribution in [1.82, 2.24) is 29.4 Å². The molecular weight excluding hydrogens is 598 g/mol. The molecule has 2 N–H and O–H groups in total. The summed E-state index contributed by atoms with van der Waals surface area (Å²) in [7, 11) is 6.23. The third kappa shape index (κ3) is 6.97. The molecule has 0 atom stereocenters. The van der Waals surface area contributed by atoms with Crippen LogP contribution in [0.3, 0.4) is 0 Å². The number of methoxy groups -OCH3 is 2. The number of carbonyl (C=O) groups excluding carboxylic acids is 1. The molecular formula is C32H30F2N8O4. The van der Waals surface area contributed by atoms with E-state index >= 15 is 8.78 Å². The molecule has 2 aromatic carbocycles. The molecule has 0 aliphatic heterocycles. The first-order valence-electron chi connectivity index (χ1n) is 13.9. The van der Waals surface area contributed by atoms with Crippen LogP contribution in [0.2, 0.25) is 0 Å². The molecule has 46 heavy (non-hydrogen) atoms. The molecule has 3 heterocycles. The molecule has 1 amide bonds. The highest BCUT2D eigenvalue weighted by molar-refractivity contribution is 5.99. The zero-order valence-corrected chi connectivity index (χ0v) is 25.4. The van der Waals surface area contributed by atoms with Crippen molar-refractivity contribution in [3.63, 3.8) is 0 Å². The standard InChI is InChI=1S/C32H30F2N8O4/c1-41(2)12-6-9-26(43)38-21-8-5-7-19(13-21)17-42-30-20(16-36-32(40-30)39-25-10-11-35-18-37-25)14-22(31(42)44)27-28(33)23(45-3)15-24(46-4)29(27)34/h5-11,13-16,18H,12,17H2,1-4H3,(H,38,43)(H,35,36,37,39,40)/b9-6+. The van der Waals surface area contributed by atoms with Gasteiger partial charge in [-0.1, -0.05) is 18.2 Å². The number of fused-ring (bicyclic) bond motifs is 1. The Balaban J connectivity index is 1.63. The summed E-state index contributed by atoms with van der Waals surface area (Å²) in [5.74, 6) is -2.54. The smallest absolute Gasteiger partial charge is 0.260 e. The number of likely N-dealkylation sites (N-methyl/N-ethyl adjacent to an activating group) is 1. The fourth-order valence-electron chi connectivity index (χ4n) is 4.63. The molecule has 236 valence electrons. The molecule has 3 aromatic heterocycles. The molecule has 12 nitrogen and oxygen atoms in total. The van der Waals surface area contributed by atoms with Gasteiger partial charge in [0.05, 0.1) is 31.9 Å². The van der Waals surface area contributed by atoms with Gasteiger partial charge < -0.3 is 25.0 Å². The molecule has 5 rings (SSSR count). The number of hydrogen-bond donors (Lipinski definition) is 2. The fraction of sp³-hybridized carbons (Fsp3) is 0.188. The molecule has 0 radical (unpaired) electrons. The lowest BCUT2D eigenvalue weighted by Gasteiger charge is -2.16. The van der Waals surface area contributed by atoms with Crippen molar-refractivity contribution < 1.29 is 23.0 Å². The van der Waals surface area contributed by atoms with Gasteiger partial charge in [0.25, 0.3) is 5.56 Å². The zero-order chi connectivity index (χ0) is 32.8. The van der Waals surface area contributed by atoms with Crippen LogP contribution in [0.4, 0.5) is 26.2 Å². The van der Waals surface area contributed by atoms with E-state index in [1.165, 1.54) is 49.7 Å². The van der Waals surface area contributed by atoms with Crippen molar-refractivity contribution in [3.05, 3.63) is 101 Å². The maximum Gasteiger partial charge on any atom is 0.260 e. The summed E-state index contributed by atoms with van der Waals surface area (Å²) in [6.45, 7) is 0.522. The topological polar surface area (TPSA) is 136 Å². The second-order valence-electron chi connectivity index (χ2n) is 10.3. The Labute approximate surface area is 262 Å². The normalized spacial score (nSPS) is 11.3. The van der Waals surface area contributed by atoms with E-state index < -0.39 is 22.8 Å². The maximum absolute atomic E-state index is 15.6. The monoisotopic (exact) mass is 628 g/mol. The van der Waals surface area contributed by atoms with Crippen LogP contribution in [0.25, 0.3) is 22.2 Å². The number of carbonyl (C=O) groups is 1. The molecule has 0 fully saturated rings. The van der Waals surface area contributed by atoms with Gasteiger partial charge in [-0.05, 0) is 43.9 Å². The van der Waals surface area contributed by atoms with Gasteiger partial charge >= 0.3 is 0 Å². The summed E-state index contributed by atoms with van der Waals surface area (Å²) in [5.41, 5.74) is -0.393. The van der Waals surface area contributed by atoms with Crippen molar-refractivity contribution in [1.29, 1.82) is 0 Å². The van der Waals surface area contributed by atoms with Gasteiger partial charge in [0.1, 0.15) is 17.8 Å². The minimum Gasteiger partial charge on any atom is -0.494 e. The summed E-state index contributed by atoms with van der Waals surface area (Å²) in [5, 5.41) is 6.08. The Morgan fingerprint density at radius 1 is 1.04 bits per heavy atom. The number of anilines is 3. The number of aromatic nitrogens is 5. The first-order valence-corrected chi connectivity index (χ1v) is 13.9. The van der Waals surface area contributed by atoms with Gasteiger partial charge in [0.2, 0.25) is 11.9 Å². The van der Waals surface area contributed by atoms with E-state index in [1.807, 2.05) is 19.0 Å². The highest BCUT2D eigenvalue weighted by atomic mass is 19.1. The predicted octanol–water partition coefficient (Wildman–Crippen LogP) is 4.39. The van der Waals surface area contributed by atoms with Gasteiger partial charge in [-0.3, -0.25) is 14.2 Å². The molecule has 14 heteroatoms. The third-order valence-corrected chi connectivity index (χ3v) is 6.77. The molecule has 0 spiro atoms. The van der Waals surface area contributed by atoms with Crippen molar-refractivity contribution >= 4 is 34.4 Å². The van der Waals surface area contributed by atoms with E-state index in [9.17, 15) is 9.59 Å². The van der Waals surface area contributed by atoms with Crippen LogP contribution in [0.1, 0.15) is 5.56 Å². The van der Waals surface area contributed by atoms with Crippen LogP contribution in [0.15, 0.2) is 78.1 Å². The highest BCUT2D eigenvalue weighted by Crippen LogP contribution is 2.37. The Hall–Kier alpha value is -5.76. The quantitative estimate of drug-likeness (QED) is 0.203. The summed E-state index contributed by atoms with van der Waals surface area (Å²) >= 11 is 0. The van der Waals surface area contributed by atoms with Crippen LogP contribution in [0, 0.1) is 11.6 Å². The van der Waals surface area contributed by atoms with Crippen molar-refractivity contribution in [2.24, 2.45) is 0 Å². The van der Waals surface area contributed by atoms with Crippen LogP contribution >= 0.6 is 0 Å². The van der Waals surface area contributed by atoms with E-state index in [0.29, 0.717) is 29.0 Å².